The van der Waals surface area contributed by atoms with Crippen molar-refractivity contribution in [2.45, 2.75) is 164 Å². The molecule has 0 spiro atoms. The lowest BCUT2D eigenvalue weighted by Gasteiger charge is -2.44. The number of ether oxygens (including phenoxy) is 4. The van der Waals surface area contributed by atoms with E-state index in [0.29, 0.717) is 6.42 Å². The molecule has 0 bridgehead atoms. The van der Waals surface area contributed by atoms with Crippen molar-refractivity contribution in [1.29, 1.82) is 0 Å². The Morgan fingerprint density at radius 2 is 1.19 bits per heavy atom. The highest BCUT2D eigenvalue weighted by molar-refractivity contribution is 5.69. The molecule has 2 heterocycles. The minimum Gasteiger partial charge on any atom is -0.454 e. The smallest absolute Gasteiger partial charge is 0.306 e. The van der Waals surface area contributed by atoms with Gasteiger partial charge in [0.1, 0.15) is 43.2 Å². The van der Waals surface area contributed by atoms with Gasteiger partial charge in [0.05, 0.1) is 13.2 Å². The van der Waals surface area contributed by atoms with Crippen LogP contribution in [0.15, 0.2) is 0 Å². The highest BCUT2D eigenvalue weighted by Crippen LogP contribution is 2.36. The molecular weight excluding hydrogens is 552 g/mol. The molecule has 0 unspecified atom stereocenters. The van der Waals surface area contributed by atoms with Gasteiger partial charge in [0.15, 0.2) is 6.10 Å². The Morgan fingerprint density at radius 1 is 0.690 bits per heavy atom. The molecule has 2 rings (SSSR count). The van der Waals surface area contributed by atoms with Crippen molar-refractivity contribution in [3.63, 3.8) is 0 Å². The number of carbonyl (C=O) groups is 1. The molecule has 12 nitrogen and oxygen atoms in total. The Morgan fingerprint density at radius 3 is 1.64 bits per heavy atom. The Balaban J connectivity index is 1.73. The zero-order valence-corrected chi connectivity index (χ0v) is 25.2. The maximum absolute atomic E-state index is 12.6. The van der Waals surface area contributed by atoms with Gasteiger partial charge in [0.2, 0.25) is 12.1 Å². The van der Waals surface area contributed by atoms with Gasteiger partial charge in [-0.1, -0.05) is 96.8 Å². The van der Waals surface area contributed by atoms with E-state index in [1.165, 1.54) is 70.6 Å². The quantitative estimate of drug-likeness (QED) is 0.0691. The van der Waals surface area contributed by atoms with Crippen LogP contribution in [0.3, 0.4) is 0 Å². The van der Waals surface area contributed by atoms with Crippen molar-refractivity contribution in [2.24, 2.45) is 0 Å². The van der Waals surface area contributed by atoms with Crippen molar-refractivity contribution < 1.29 is 59.5 Å². The molecule has 2 aliphatic heterocycles. The number of unbranched alkanes of at least 4 members (excludes halogenated alkanes) is 14. The van der Waals surface area contributed by atoms with E-state index in [0.717, 1.165) is 19.3 Å². The normalized spacial score (nSPS) is 33.2. The number of aliphatic hydroxyl groups excluding tert-OH is 7. The molecule has 0 aromatic heterocycles. The fourth-order valence-corrected chi connectivity index (χ4v) is 5.59. The minimum atomic E-state index is -2.28. The molecule has 0 aromatic rings. The molecule has 0 aromatic carbocycles. The summed E-state index contributed by atoms with van der Waals surface area (Å²) in [6.45, 7) is -0.146. The first kappa shape index (κ1) is 37.3. The summed E-state index contributed by atoms with van der Waals surface area (Å²) in [5, 5.41) is 70.5. The molecule has 7 N–H and O–H groups in total. The van der Waals surface area contributed by atoms with Gasteiger partial charge in [-0.15, -0.1) is 0 Å². The van der Waals surface area contributed by atoms with Crippen LogP contribution >= 0.6 is 0 Å². The molecule has 0 aliphatic carbocycles. The summed E-state index contributed by atoms with van der Waals surface area (Å²) < 4.78 is 21.9. The standard InChI is InChI=1S/C30H56O12/c1-2-3-4-5-6-7-8-9-10-11-12-13-14-15-16-17-23(34)40-27-26(37)24(35)21(18-31)39-29(27)42-30(20-33)28(38)25(36)22(19-32)41-30/h21-22,24-29,31-33,35-38H,2-20H2,1H3/t21-,22-,24-,25-,26+,27-,28+,29-,30-/m1/s1. The summed E-state index contributed by atoms with van der Waals surface area (Å²) in [5.41, 5.74) is 0. The molecule has 2 aliphatic rings. The third-order valence-corrected chi connectivity index (χ3v) is 8.30. The summed E-state index contributed by atoms with van der Waals surface area (Å²) in [6, 6.07) is 0. The Kier molecular flexibility index (Phi) is 17.9. The lowest BCUT2D eigenvalue weighted by Crippen LogP contribution is -2.63. The second-order valence-electron chi connectivity index (χ2n) is 11.7. The molecule has 12 heteroatoms. The summed E-state index contributed by atoms with van der Waals surface area (Å²) in [6.07, 6.45) is 5.19. The maximum Gasteiger partial charge on any atom is 0.306 e. The van der Waals surface area contributed by atoms with Crippen LogP contribution < -0.4 is 0 Å². The van der Waals surface area contributed by atoms with Crippen molar-refractivity contribution >= 4 is 5.97 Å². The average Bonchev–Trinajstić information content (AvgIpc) is 3.23. The molecule has 2 saturated heterocycles. The van der Waals surface area contributed by atoms with Crippen LogP contribution in [0, 0.1) is 0 Å². The fraction of sp³-hybridized carbons (Fsp3) is 0.967. The lowest BCUT2D eigenvalue weighted by atomic mass is 9.98. The summed E-state index contributed by atoms with van der Waals surface area (Å²) >= 11 is 0. The first-order chi connectivity index (χ1) is 20.2. The molecule has 248 valence electrons. The first-order valence-electron chi connectivity index (χ1n) is 16.0. The molecule has 42 heavy (non-hydrogen) atoms. The molecule has 0 radical (unpaired) electrons. The van der Waals surface area contributed by atoms with Gasteiger partial charge in [-0.3, -0.25) is 4.79 Å². The highest BCUT2D eigenvalue weighted by Gasteiger charge is 2.59. The number of rotatable bonds is 22. The van der Waals surface area contributed by atoms with Gasteiger partial charge < -0.3 is 54.7 Å². The van der Waals surface area contributed by atoms with Gasteiger partial charge in [-0.05, 0) is 6.42 Å². The third kappa shape index (κ3) is 11.2. The monoisotopic (exact) mass is 608 g/mol. The van der Waals surface area contributed by atoms with E-state index in [9.17, 15) is 40.5 Å². The second kappa shape index (κ2) is 20.2. The Bertz CT molecular complexity index is 726. The van der Waals surface area contributed by atoms with Gasteiger partial charge >= 0.3 is 5.97 Å². The van der Waals surface area contributed by atoms with Gasteiger partial charge in [0.25, 0.3) is 0 Å². The topological polar surface area (TPSA) is 196 Å². The number of esters is 1. The Hall–Kier alpha value is -0.930. The van der Waals surface area contributed by atoms with Crippen LogP contribution in [0.2, 0.25) is 0 Å². The zero-order chi connectivity index (χ0) is 31.0. The molecule has 2 fully saturated rings. The summed E-state index contributed by atoms with van der Waals surface area (Å²) in [4.78, 5) is 12.6. The third-order valence-electron chi connectivity index (χ3n) is 8.30. The van der Waals surface area contributed by atoms with Gasteiger partial charge in [-0.2, -0.15) is 0 Å². The second-order valence-corrected chi connectivity index (χ2v) is 11.7. The summed E-state index contributed by atoms with van der Waals surface area (Å²) in [7, 11) is 0. The van der Waals surface area contributed by atoms with E-state index in [1.807, 2.05) is 0 Å². The van der Waals surface area contributed by atoms with Crippen LogP contribution in [0.5, 0.6) is 0 Å². The van der Waals surface area contributed by atoms with Crippen LogP contribution in [-0.4, -0.2) is 116 Å². The van der Waals surface area contributed by atoms with Crippen LogP contribution in [0.25, 0.3) is 0 Å². The summed E-state index contributed by atoms with van der Waals surface area (Å²) in [5.74, 6) is -2.95. The van der Waals surface area contributed by atoms with Crippen LogP contribution in [0.1, 0.15) is 110 Å². The van der Waals surface area contributed by atoms with E-state index in [2.05, 4.69) is 6.92 Å². The molecule has 0 saturated carbocycles. The van der Waals surface area contributed by atoms with Crippen LogP contribution in [-0.2, 0) is 23.7 Å². The first-order valence-corrected chi connectivity index (χ1v) is 16.0. The largest absolute Gasteiger partial charge is 0.454 e. The molecular formula is C30H56O12. The number of carbonyl (C=O) groups excluding carboxylic acids is 1. The van der Waals surface area contributed by atoms with Crippen molar-refractivity contribution in [3.8, 4) is 0 Å². The van der Waals surface area contributed by atoms with Gasteiger partial charge in [0, 0.05) is 6.42 Å². The van der Waals surface area contributed by atoms with Crippen molar-refractivity contribution in [2.75, 3.05) is 19.8 Å². The average molecular weight is 609 g/mol. The van der Waals surface area contributed by atoms with Crippen LogP contribution in [0.4, 0.5) is 0 Å². The van der Waals surface area contributed by atoms with E-state index in [1.54, 1.807) is 0 Å². The SMILES string of the molecule is CCCCCCCCCCCCCCCCCC(=O)O[C@H]1[C@@H](O[C@@]2(CO)O[C@H](CO)[C@@H](O)[C@@H]2O)O[C@H](CO)[C@@H](O)[C@@H]1O. The minimum absolute atomic E-state index is 0.0588. The fourth-order valence-electron chi connectivity index (χ4n) is 5.59. The number of aliphatic hydroxyl groups is 7. The van der Waals surface area contributed by atoms with E-state index in [4.69, 9.17) is 18.9 Å². The maximum atomic E-state index is 12.6. The lowest BCUT2D eigenvalue weighted by molar-refractivity contribution is -0.384. The predicted octanol–water partition coefficient (Wildman–Crippen LogP) is 1.42. The van der Waals surface area contributed by atoms with Crippen molar-refractivity contribution in [3.05, 3.63) is 0 Å². The molecule has 9 atom stereocenters. The number of hydrogen-bond donors (Lipinski definition) is 7. The van der Waals surface area contributed by atoms with Crippen molar-refractivity contribution in [1.82, 2.24) is 0 Å². The van der Waals surface area contributed by atoms with Gasteiger partial charge in [-0.25, -0.2) is 0 Å². The number of hydrogen-bond acceptors (Lipinski definition) is 12. The Labute approximate surface area is 249 Å². The predicted molar refractivity (Wildman–Crippen MR) is 152 cm³/mol. The van der Waals surface area contributed by atoms with E-state index >= 15 is 0 Å². The zero-order valence-electron chi connectivity index (χ0n) is 25.2. The van der Waals surface area contributed by atoms with E-state index in [-0.39, 0.29) is 6.42 Å². The molecule has 0 amide bonds. The highest BCUT2D eigenvalue weighted by atomic mass is 16.8. The van der Waals surface area contributed by atoms with E-state index < -0.39 is 80.6 Å².